The maximum absolute atomic E-state index is 12.4. The summed E-state index contributed by atoms with van der Waals surface area (Å²) in [6, 6.07) is 9.71. The lowest BCUT2D eigenvalue weighted by Crippen LogP contribution is -2.19. The fourth-order valence-electron chi connectivity index (χ4n) is 3.24. The second-order valence-electron chi connectivity index (χ2n) is 6.10. The van der Waals surface area contributed by atoms with E-state index in [1.54, 1.807) is 6.20 Å². The molecule has 1 saturated heterocycles. The number of hydrogen-bond donors (Lipinski definition) is 2. The van der Waals surface area contributed by atoms with Gasteiger partial charge in [0.2, 0.25) is 0 Å². The van der Waals surface area contributed by atoms with Crippen LogP contribution >= 0.6 is 0 Å². The molecule has 118 valence electrons. The molecule has 0 atom stereocenters. The summed E-state index contributed by atoms with van der Waals surface area (Å²) in [5, 5.41) is 6.23. The van der Waals surface area contributed by atoms with Gasteiger partial charge >= 0.3 is 0 Å². The summed E-state index contributed by atoms with van der Waals surface area (Å²) in [5.74, 6) is 0.902. The molecule has 1 fully saturated rings. The van der Waals surface area contributed by atoms with Gasteiger partial charge in [-0.25, -0.2) is 4.98 Å². The third-order valence-electron chi connectivity index (χ3n) is 4.51. The highest BCUT2D eigenvalue weighted by Crippen LogP contribution is 2.24. The minimum Gasteiger partial charge on any atom is -0.384 e. The first-order chi connectivity index (χ1) is 11.3. The maximum Gasteiger partial charge on any atom is 0.255 e. The first-order valence-electron chi connectivity index (χ1n) is 8.19. The van der Waals surface area contributed by atoms with Crippen LogP contribution in [0.1, 0.15) is 28.8 Å². The average Bonchev–Trinajstić information content (AvgIpc) is 3.26. The number of amides is 1. The molecule has 5 heteroatoms. The Balaban J connectivity index is 1.46. The van der Waals surface area contributed by atoms with E-state index in [4.69, 9.17) is 0 Å². The summed E-state index contributed by atoms with van der Waals surface area (Å²) < 4.78 is 0. The largest absolute Gasteiger partial charge is 0.384 e. The number of hydrogen-bond acceptors (Lipinski definition) is 4. The third kappa shape index (κ3) is 2.86. The number of nitrogens with zero attached hydrogens (tertiary/aromatic N) is 2. The second-order valence-corrected chi connectivity index (χ2v) is 6.10. The fraction of sp³-hybridized carbons (Fsp3) is 0.333. The molecule has 2 aliphatic heterocycles. The van der Waals surface area contributed by atoms with Crippen LogP contribution in [-0.4, -0.2) is 30.5 Å². The van der Waals surface area contributed by atoms with E-state index in [9.17, 15) is 4.79 Å². The lowest BCUT2D eigenvalue weighted by Gasteiger charge is -2.16. The quantitative estimate of drug-likeness (QED) is 0.915. The zero-order valence-electron chi connectivity index (χ0n) is 13.0. The van der Waals surface area contributed by atoms with E-state index >= 15 is 0 Å². The van der Waals surface area contributed by atoms with Crippen molar-refractivity contribution in [1.82, 2.24) is 4.98 Å². The molecule has 0 radical (unpaired) electrons. The molecule has 0 spiro atoms. The van der Waals surface area contributed by atoms with Crippen molar-refractivity contribution in [2.24, 2.45) is 0 Å². The maximum atomic E-state index is 12.4. The highest BCUT2D eigenvalue weighted by molar-refractivity contribution is 6.04. The Hall–Kier alpha value is -2.56. The Morgan fingerprint density at radius 3 is 2.83 bits per heavy atom. The van der Waals surface area contributed by atoms with E-state index in [0.29, 0.717) is 5.56 Å². The Morgan fingerprint density at radius 1 is 1.17 bits per heavy atom. The van der Waals surface area contributed by atoms with Crippen LogP contribution in [0.25, 0.3) is 0 Å². The summed E-state index contributed by atoms with van der Waals surface area (Å²) in [6.07, 6.45) is 5.17. The van der Waals surface area contributed by atoms with Crippen molar-refractivity contribution < 1.29 is 4.79 Å². The van der Waals surface area contributed by atoms with Crippen molar-refractivity contribution >= 4 is 23.1 Å². The molecule has 1 amide bonds. The smallest absolute Gasteiger partial charge is 0.255 e. The van der Waals surface area contributed by atoms with Gasteiger partial charge in [0.1, 0.15) is 5.82 Å². The van der Waals surface area contributed by atoms with Crippen molar-refractivity contribution in [3.05, 3.63) is 47.7 Å². The van der Waals surface area contributed by atoms with E-state index in [-0.39, 0.29) is 5.91 Å². The van der Waals surface area contributed by atoms with Crippen LogP contribution in [0.2, 0.25) is 0 Å². The van der Waals surface area contributed by atoms with Crippen molar-refractivity contribution in [2.45, 2.75) is 19.3 Å². The van der Waals surface area contributed by atoms with E-state index in [0.717, 1.165) is 43.2 Å². The predicted octanol–water partition coefficient (Wildman–Crippen LogP) is 2.90. The van der Waals surface area contributed by atoms with Gasteiger partial charge in [0.15, 0.2) is 0 Å². The lowest BCUT2D eigenvalue weighted by molar-refractivity contribution is 0.102. The molecule has 23 heavy (non-hydrogen) atoms. The van der Waals surface area contributed by atoms with Gasteiger partial charge in [-0.1, -0.05) is 0 Å². The van der Waals surface area contributed by atoms with Gasteiger partial charge in [0.25, 0.3) is 5.91 Å². The third-order valence-corrected chi connectivity index (χ3v) is 4.51. The van der Waals surface area contributed by atoms with Gasteiger partial charge in [-0.15, -0.1) is 0 Å². The first-order valence-corrected chi connectivity index (χ1v) is 8.19. The monoisotopic (exact) mass is 308 g/mol. The number of carbonyl (C=O) groups is 1. The summed E-state index contributed by atoms with van der Waals surface area (Å²) in [6.45, 7) is 3.09. The normalized spacial score (nSPS) is 16.1. The highest BCUT2D eigenvalue weighted by Gasteiger charge is 2.15. The number of anilines is 3. The molecule has 0 aliphatic carbocycles. The number of rotatable bonds is 3. The minimum atomic E-state index is -0.0876. The Kier molecular flexibility index (Phi) is 3.61. The van der Waals surface area contributed by atoms with Crippen LogP contribution in [0.4, 0.5) is 17.2 Å². The average molecular weight is 308 g/mol. The summed E-state index contributed by atoms with van der Waals surface area (Å²) in [7, 11) is 0. The van der Waals surface area contributed by atoms with Gasteiger partial charge in [-0.2, -0.15) is 0 Å². The van der Waals surface area contributed by atoms with E-state index in [2.05, 4.69) is 20.5 Å². The number of fused-ring (bicyclic) bond motifs is 1. The molecule has 3 heterocycles. The molecule has 4 rings (SSSR count). The van der Waals surface area contributed by atoms with Crippen molar-refractivity contribution in [3.63, 3.8) is 0 Å². The zero-order chi connectivity index (χ0) is 15.6. The molecule has 2 N–H and O–H groups in total. The molecular weight excluding hydrogens is 288 g/mol. The van der Waals surface area contributed by atoms with Gasteiger partial charge in [-0.05, 0) is 55.2 Å². The van der Waals surface area contributed by atoms with Crippen LogP contribution < -0.4 is 15.5 Å². The Bertz CT molecular complexity index is 720. The van der Waals surface area contributed by atoms with Crippen molar-refractivity contribution in [2.75, 3.05) is 35.2 Å². The van der Waals surface area contributed by atoms with Gasteiger partial charge in [-0.3, -0.25) is 4.79 Å². The molecule has 5 nitrogen and oxygen atoms in total. The molecule has 2 aliphatic rings. The molecule has 0 bridgehead atoms. The highest BCUT2D eigenvalue weighted by atomic mass is 16.1. The second kappa shape index (κ2) is 5.91. The van der Waals surface area contributed by atoms with Gasteiger partial charge in [0.05, 0.1) is 11.9 Å². The Morgan fingerprint density at radius 2 is 2.04 bits per heavy atom. The van der Waals surface area contributed by atoms with Crippen LogP contribution in [0.15, 0.2) is 36.5 Å². The number of benzene rings is 1. The van der Waals surface area contributed by atoms with Crippen LogP contribution in [-0.2, 0) is 6.42 Å². The minimum absolute atomic E-state index is 0.0876. The summed E-state index contributed by atoms with van der Waals surface area (Å²) in [5.41, 5.74) is 3.77. The van der Waals surface area contributed by atoms with Crippen LogP contribution in [0.5, 0.6) is 0 Å². The summed E-state index contributed by atoms with van der Waals surface area (Å²) >= 11 is 0. The number of pyridine rings is 1. The molecule has 1 aromatic heterocycles. The molecule has 1 aromatic carbocycles. The van der Waals surface area contributed by atoms with Crippen molar-refractivity contribution in [3.8, 4) is 0 Å². The van der Waals surface area contributed by atoms with E-state index in [1.807, 2.05) is 30.3 Å². The topological polar surface area (TPSA) is 57.3 Å². The standard InChI is InChI=1S/C18H20N4O/c23-18(14-3-5-16-13(11-14)7-8-19-16)21-15-4-6-17(20-12-15)22-9-1-2-10-22/h3-6,11-12,19H,1-2,7-10H2,(H,21,23). The molecular formula is C18H20N4O. The predicted molar refractivity (Wildman–Crippen MR) is 92.3 cm³/mol. The molecule has 2 aromatic rings. The SMILES string of the molecule is O=C(Nc1ccc(N2CCCC2)nc1)c1ccc2c(c1)CCN2. The van der Waals surface area contributed by atoms with E-state index < -0.39 is 0 Å². The molecule has 0 saturated carbocycles. The molecule has 0 unspecified atom stereocenters. The zero-order valence-corrected chi connectivity index (χ0v) is 13.0. The van der Waals surface area contributed by atoms with Crippen LogP contribution in [0.3, 0.4) is 0 Å². The Labute approximate surface area is 135 Å². The lowest BCUT2D eigenvalue weighted by atomic mass is 10.1. The van der Waals surface area contributed by atoms with E-state index in [1.165, 1.54) is 18.4 Å². The van der Waals surface area contributed by atoms with Crippen LogP contribution in [0, 0.1) is 0 Å². The first kappa shape index (κ1) is 14.1. The van der Waals surface area contributed by atoms with Gasteiger partial charge < -0.3 is 15.5 Å². The fourth-order valence-corrected chi connectivity index (χ4v) is 3.24. The van der Waals surface area contributed by atoms with Gasteiger partial charge in [0, 0.05) is 30.9 Å². The number of nitrogens with one attached hydrogen (secondary N) is 2. The number of aromatic nitrogens is 1. The van der Waals surface area contributed by atoms with Crippen molar-refractivity contribution in [1.29, 1.82) is 0 Å². The number of carbonyl (C=O) groups excluding carboxylic acids is 1. The summed E-state index contributed by atoms with van der Waals surface area (Å²) in [4.78, 5) is 19.1.